The third-order valence-corrected chi connectivity index (χ3v) is 3.12. The van der Waals surface area contributed by atoms with Crippen LogP contribution in [0, 0.1) is 5.82 Å². The fraction of sp³-hybridized carbons (Fsp3) is 0.222. The molecule has 0 aliphatic heterocycles. The van der Waals surface area contributed by atoms with Crippen LogP contribution < -0.4 is 9.47 Å². The maximum atomic E-state index is 13.1. The molecule has 5 nitrogen and oxygen atoms in total. The summed E-state index contributed by atoms with van der Waals surface area (Å²) in [5, 5.41) is 0. The minimum atomic E-state index is -0.645. The number of hydrogen-bond acceptors (Lipinski definition) is 5. The number of ether oxygens (including phenoxy) is 3. The van der Waals surface area contributed by atoms with Crippen LogP contribution in [0.15, 0.2) is 42.5 Å². The van der Waals surface area contributed by atoms with E-state index in [4.69, 9.17) is 14.2 Å². The van der Waals surface area contributed by atoms with E-state index in [1.165, 1.54) is 37.4 Å². The highest BCUT2D eigenvalue weighted by molar-refractivity contribution is 5.94. The molecule has 24 heavy (non-hydrogen) atoms. The second kappa shape index (κ2) is 8.10. The lowest BCUT2D eigenvalue weighted by molar-refractivity contribution is 0.0504. The van der Waals surface area contributed by atoms with E-state index in [2.05, 4.69) is 0 Å². The van der Waals surface area contributed by atoms with Gasteiger partial charge in [-0.25, -0.2) is 14.0 Å². The number of carbonyl (C=O) groups excluding carboxylic acids is 2. The number of esters is 2. The Bertz CT molecular complexity index is 725. The average molecular weight is 332 g/mol. The topological polar surface area (TPSA) is 61.8 Å². The molecule has 0 atom stereocenters. The largest absolute Gasteiger partial charge is 0.493 e. The molecule has 0 unspecified atom stereocenters. The summed E-state index contributed by atoms with van der Waals surface area (Å²) in [4.78, 5) is 23.8. The summed E-state index contributed by atoms with van der Waals surface area (Å²) in [6.07, 6.45) is 0.732. The van der Waals surface area contributed by atoms with Gasteiger partial charge >= 0.3 is 11.9 Å². The quantitative estimate of drug-likeness (QED) is 0.597. The van der Waals surface area contributed by atoms with Crippen LogP contribution >= 0.6 is 0 Å². The highest BCUT2D eigenvalue weighted by Gasteiger charge is 2.14. The lowest BCUT2D eigenvalue weighted by Gasteiger charge is -2.09. The van der Waals surface area contributed by atoms with Gasteiger partial charge in [0.2, 0.25) is 0 Å². The first-order chi connectivity index (χ1) is 11.5. The molecule has 0 aliphatic rings. The summed E-state index contributed by atoms with van der Waals surface area (Å²) >= 11 is 0. The molecule has 126 valence electrons. The van der Waals surface area contributed by atoms with Gasteiger partial charge in [-0.15, -0.1) is 0 Å². The van der Waals surface area contributed by atoms with Crippen molar-refractivity contribution < 1.29 is 28.2 Å². The van der Waals surface area contributed by atoms with Gasteiger partial charge < -0.3 is 14.2 Å². The minimum Gasteiger partial charge on any atom is -0.493 e. The molecule has 2 aromatic rings. The van der Waals surface area contributed by atoms with Gasteiger partial charge in [0.1, 0.15) is 5.82 Å². The van der Waals surface area contributed by atoms with Gasteiger partial charge in [0.25, 0.3) is 0 Å². The number of rotatable bonds is 6. The van der Waals surface area contributed by atoms with E-state index in [-0.39, 0.29) is 17.1 Å². The van der Waals surface area contributed by atoms with Gasteiger partial charge in [0.15, 0.2) is 11.5 Å². The number of methoxy groups -OCH3 is 1. The molecule has 0 N–H and O–H groups in total. The fourth-order valence-corrected chi connectivity index (χ4v) is 1.91. The van der Waals surface area contributed by atoms with Crippen molar-refractivity contribution in [3.63, 3.8) is 0 Å². The van der Waals surface area contributed by atoms with Crippen molar-refractivity contribution in [3.8, 4) is 11.5 Å². The van der Waals surface area contributed by atoms with E-state index in [9.17, 15) is 14.0 Å². The third-order valence-electron chi connectivity index (χ3n) is 3.12. The van der Waals surface area contributed by atoms with Gasteiger partial charge in [0.05, 0.1) is 24.8 Å². The van der Waals surface area contributed by atoms with E-state index in [0.29, 0.717) is 12.2 Å². The van der Waals surface area contributed by atoms with Gasteiger partial charge in [-0.05, 0) is 42.8 Å². The Morgan fingerprint density at radius 1 is 0.958 bits per heavy atom. The zero-order valence-corrected chi connectivity index (χ0v) is 13.4. The van der Waals surface area contributed by atoms with Crippen molar-refractivity contribution in [1.29, 1.82) is 0 Å². The molecule has 2 rings (SSSR count). The Labute approximate surface area is 139 Å². The highest BCUT2D eigenvalue weighted by Crippen LogP contribution is 2.28. The minimum absolute atomic E-state index is 0.107. The Morgan fingerprint density at radius 2 is 1.58 bits per heavy atom. The Kier molecular flexibility index (Phi) is 5.89. The number of benzene rings is 2. The second-order valence-corrected chi connectivity index (χ2v) is 4.90. The van der Waals surface area contributed by atoms with Crippen LogP contribution in [0.4, 0.5) is 4.39 Å². The molecule has 0 fully saturated rings. The van der Waals surface area contributed by atoms with Crippen LogP contribution in [0.1, 0.15) is 34.1 Å². The van der Waals surface area contributed by atoms with E-state index >= 15 is 0 Å². The number of carbonyl (C=O) groups is 2. The van der Waals surface area contributed by atoms with Crippen LogP contribution in [-0.4, -0.2) is 25.7 Å². The lowest BCUT2D eigenvalue weighted by atomic mass is 10.1. The third kappa shape index (κ3) is 4.32. The Balaban J connectivity index is 2.09. The Hall–Kier alpha value is -2.89. The molecular weight excluding hydrogens is 315 g/mol. The highest BCUT2D eigenvalue weighted by atomic mass is 19.1. The molecular formula is C18H17FO5. The van der Waals surface area contributed by atoms with Crippen LogP contribution in [0.2, 0.25) is 0 Å². The zero-order valence-electron chi connectivity index (χ0n) is 13.4. The lowest BCUT2D eigenvalue weighted by Crippen LogP contribution is -2.10. The maximum absolute atomic E-state index is 13.1. The molecule has 2 aromatic carbocycles. The molecule has 0 heterocycles. The number of hydrogen-bond donors (Lipinski definition) is 0. The van der Waals surface area contributed by atoms with Crippen molar-refractivity contribution >= 4 is 11.9 Å². The van der Waals surface area contributed by atoms with Crippen LogP contribution in [0.5, 0.6) is 11.5 Å². The van der Waals surface area contributed by atoms with Crippen molar-refractivity contribution in [2.45, 2.75) is 13.3 Å². The van der Waals surface area contributed by atoms with Gasteiger partial charge in [0, 0.05) is 6.07 Å². The van der Waals surface area contributed by atoms with Crippen molar-refractivity contribution in [2.24, 2.45) is 0 Å². The summed E-state index contributed by atoms with van der Waals surface area (Å²) in [6.45, 7) is 2.24. The molecule has 0 radical (unpaired) electrons. The average Bonchev–Trinajstić information content (AvgIpc) is 2.61. The van der Waals surface area contributed by atoms with Crippen LogP contribution in [0.25, 0.3) is 0 Å². The van der Waals surface area contributed by atoms with Crippen molar-refractivity contribution in [2.75, 3.05) is 13.7 Å². The molecule has 0 amide bonds. The van der Waals surface area contributed by atoms with E-state index < -0.39 is 17.8 Å². The molecule has 6 heteroatoms. The molecule has 0 spiro atoms. The molecule has 0 saturated carbocycles. The second-order valence-electron chi connectivity index (χ2n) is 4.90. The molecule has 0 aliphatic carbocycles. The molecule has 0 saturated heterocycles. The van der Waals surface area contributed by atoms with Crippen LogP contribution in [0.3, 0.4) is 0 Å². The molecule has 0 aromatic heterocycles. The van der Waals surface area contributed by atoms with Crippen molar-refractivity contribution in [3.05, 3.63) is 59.4 Å². The first-order valence-electron chi connectivity index (χ1n) is 7.38. The number of halogens is 1. The summed E-state index contributed by atoms with van der Waals surface area (Å²) in [5.74, 6) is -1.37. The van der Waals surface area contributed by atoms with E-state index in [0.717, 1.165) is 18.6 Å². The standard InChI is InChI=1S/C18H17FO5/c1-3-10-23-17(20)12-4-6-13(7-5-12)18(21)24-15-9-8-14(19)11-16(15)22-2/h4-9,11H,3,10H2,1-2H3. The van der Waals surface area contributed by atoms with E-state index in [1.807, 2.05) is 6.92 Å². The monoisotopic (exact) mass is 332 g/mol. The SMILES string of the molecule is CCCOC(=O)c1ccc(C(=O)Oc2ccc(F)cc2OC)cc1. The fourth-order valence-electron chi connectivity index (χ4n) is 1.91. The molecule has 0 bridgehead atoms. The first kappa shape index (κ1) is 17.5. The normalized spacial score (nSPS) is 10.1. The summed E-state index contributed by atoms with van der Waals surface area (Å²) in [6, 6.07) is 9.48. The predicted octanol–water partition coefficient (Wildman–Crippen LogP) is 3.62. The summed E-state index contributed by atoms with van der Waals surface area (Å²) in [5.41, 5.74) is 0.591. The van der Waals surface area contributed by atoms with E-state index in [1.54, 1.807) is 0 Å². The summed E-state index contributed by atoms with van der Waals surface area (Å²) < 4.78 is 28.3. The Morgan fingerprint density at radius 3 is 2.17 bits per heavy atom. The van der Waals surface area contributed by atoms with Gasteiger partial charge in [-0.2, -0.15) is 0 Å². The zero-order chi connectivity index (χ0) is 17.5. The first-order valence-corrected chi connectivity index (χ1v) is 7.38. The maximum Gasteiger partial charge on any atom is 0.343 e. The summed E-state index contributed by atoms with van der Waals surface area (Å²) in [7, 11) is 1.35. The van der Waals surface area contributed by atoms with Gasteiger partial charge in [-0.3, -0.25) is 0 Å². The smallest absolute Gasteiger partial charge is 0.343 e. The van der Waals surface area contributed by atoms with Gasteiger partial charge in [-0.1, -0.05) is 6.92 Å². The van der Waals surface area contributed by atoms with Crippen LogP contribution in [-0.2, 0) is 4.74 Å². The predicted molar refractivity (Wildman–Crippen MR) is 84.9 cm³/mol. The van der Waals surface area contributed by atoms with Crippen molar-refractivity contribution in [1.82, 2.24) is 0 Å².